The van der Waals surface area contributed by atoms with Crippen LogP contribution in [0.4, 0.5) is 0 Å². The molecule has 1 amide bonds. The van der Waals surface area contributed by atoms with Crippen LogP contribution >= 0.6 is 0 Å². The molecule has 1 aromatic carbocycles. The Bertz CT molecular complexity index is 722. The quantitative estimate of drug-likeness (QED) is 0.923. The van der Waals surface area contributed by atoms with Crippen molar-refractivity contribution in [2.45, 2.75) is 57.2 Å². The van der Waals surface area contributed by atoms with Crippen LogP contribution in [0.3, 0.4) is 0 Å². The zero-order chi connectivity index (χ0) is 16.0. The predicted octanol–water partition coefficient (Wildman–Crippen LogP) is 3.49. The highest BCUT2D eigenvalue weighted by atomic mass is 16.3. The average Bonchev–Trinajstić information content (AvgIpc) is 2.84. The molecule has 4 nitrogen and oxygen atoms in total. The highest BCUT2D eigenvalue weighted by Gasteiger charge is 2.36. The maximum Gasteiger partial charge on any atom is 0.255 e. The van der Waals surface area contributed by atoms with E-state index in [0.29, 0.717) is 23.4 Å². The van der Waals surface area contributed by atoms with Crippen molar-refractivity contribution >= 4 is 16.9 Å². The summed E-state index contributed by atoms with van der Waals surface area (Å²) < 4.78 is 5.73. The second-order valence-electron chi connectivity index (χ2n) is 7.08. The summed E-state index contributed by atoms with van der Waals surface area (Å²) in [4.78, 5) is 15.3. The number of para-hydroxylation sites is 1. The van der Waals surface area contributed by atoms with E-state index in [4.69, 9.17) is 4.42 Å². The highest BCUT2D eigenvalue weighted by molar-refractivity contribution is 6.07. The maximum absolute atomic E-state index is 12.8. The lowest BCUT2D eigenvalue weighted by atomic mass is 9.82. The first kappa shape index (κ1) is 14.8. The van der Waals surface area contributed by atoms with Gasteiger partial charge in [-0.3, -0.25) is 4.79 Å². The topological polar surface area (TPSA) is 45.5 Å². The SMILES string of the molecule is Cc1oc2ccccc2c1C(=O)N[C@@H]1C[C@H]2CCC[C@@H](C1)N2C. The summed E-state index contributed by atoms with van der Waals surface area (Å²) in [5.41, 5.74) is 1.49. The normalized spacial score (nSPS) is 28.0. The van der Waals surface area contributed by atoms with Gasteiger partial charge in [0.15, 0.2) is 0 Å². The number of carbonyl (C=O) groups excluding carboxylic acids is 1. The van der Waals surface area contributed by atoms with Crippen LogP contribution in [0.25, 0.3) is 11.0 Å². The molecule has 0 radical (unpaired) electrons. The third-order valence-electron chi connectivity index (χ3n) is 5.67. The number of amides is 1. The Morgan fingerprint density at radius 1 is 1.22 bits per heavy atom. The van der Waals surface area contributed by atoms with E-state index in [1.54, 1.807) is 0 Å². The maximum atomic E-state index is 12.8. The van der Waals surface area contributed by atoms with Crippen molar-refractivity contribution in [3.63, 3.8) is 0 Å². The van der Waals surface area contributed by atoms with E-state index in [0.717, 1.165) is 23.8 Å². The first-order chi connectivity index (χ1) is 11.1. The lowest BCUT2D eigenvalue weighted by Gasteiger charge is -2.47. The zero-order valence-electron chi connectivity index (χ0n) is 13.8. The van der Waals surface area contributed by atoms with Gasteiger partial charge in [-0.15, -0.1) is 0 Å². The molecule has 4 rings (SSSR count). The molecule has 2 aliphatic rings. The van der Waals surface area contributed by atoms with E-state index in [1.165, 1.54) is 19.3 Å². The Labute approximate surface area is 136 Å². The van der Waals surface area contributed by atoms with Crippen LogP contribution in [0.5, 0.6) is 0 Å². The molecule has 122 valence electrons. The van der Waals surface area contributed by atoms with Gasteiger partial charge in [0.25, 0.3) is 5.91 Å². The molecule has 1 N–H and O–H groups in total. The van der Waals surface area contributed by atoms with Crippen molar-refractivity contribution in [1.29, 1.82) is 0 Å². The Kier molecular flexibility index (Phi) is 3.64. The fraction of sp³-hybridized carbons (Fsp3) is 0.526. The number of nitrogens with one attached hydrogen (secondary N) is 1. The zero-order valence-corrected chi connectivity index (χ0v) is 13.8. The van der Waals surface area contributed by atoms with Crippen LogP contribution < -0.4 is 5.32 Å². The highest BCUT2D eigenvalue weighted by Crippen LogP contribution is 2.33. The number of carbonyl (C=O) groups is 1. The van der Waals surface area contributed by atoms with Crippen LogP contribution in [0.2, 0.25) is 0 Å². The summed E-state index contributed by atoms with van der Waals surface area (Å²) in [5, 5.41) is 4.19. The molecule has 0 unspecified atom stereocenters. The second kappa shape index (κ2) is 5.68. The Hall–Kier alpha value is -1.81. The van der Waals surface area contributed by atoms with Crippen LogP contribution in [0.15, 0.2) is 28.7 Å². The Morgan fingerprint density at radius 3 is 2.65 bits per heavy atom. The van der Waals surface area contributed by atoms with E-state index >= 15 is 0 Å². The number of nitrogens with zero attached hydrogens (tertiary/aromatic N) is 1. The predicted molar refractivity (Wildman–Crippen MR) is 90.6 cm³/mol. The smallest absolute Gasteiger partial charge is 0.255 e. The summed E-state index contributed by atoms with van der Waals surface area (Å²) in [6, 6.07) is 9.29. The lowest BCUT2D eigenvalue weighted by Crippen LogP contribution is -2.55. The van der Waals surface area contributed by atoms with Crippen molar-refractivity contribution in [3.05, 3.63) is 35.6 Å². The largest absolute Gasteiger partial charge is 0.461 e. The minimum Gasteiger partial charge on any atom is -0.461 e. The van der Waals surface area contributed by atoms with Crippen LogP contribution in [0, 0.1) is 6.92 Å². The van der Waals surface area contributed by atoms with Crippen molar-refractivity contribution in [2.75, 3.05) is 7.05 Å². The summed E-state index contributed by atoms with van der Waals surface area (Å²) >= 11 is 0. The van der Waals surface area contributed by atoms with E-state index < -0.39 is 0 Å². The molecule has 0 aliphatic carbocycles. The lowest BCUT2D eigenvalue weighted by molar-refractivity contribution is 0.0463. The van der Waals surface area contributed by atoms with Crippen molar-refractivity contribution in [3.8, 4) is 0 Å². The van der Waals surface area contributed by atoms with E-state index in [-0.39, 0.29) is 11.9 Å². The minimum atomic E-state index is 0.0140. The number of furan rings is 1. The van der Waals surface area contributed by atoms with E-state index in [9.17, 15) is 4.79 Å². The van der Waals surface area contributed by atoms with Crippen LogP contribution in [-0.2, 0) is 0 Å². The molecule has 23 heavy (non-hydrogen) atoms. The third-order valence-corrected chi connectivity index (χ3v) is 5.67. The second-order valence-corrected chi connectivity index (χ2v) is 7.08. The van der Waals surface area contributed by atoms with Crippen LogP contribution in [0.1, 0.15) is 48.2 Å². The van der Waals surface area contributed by atoms with Gasteiger partial charge in [-0.05, 0) is 45.7 Å². The molecule has 0 saturated carbocycles. The Morgan fingerprint density at radius 2 is 1.91 bits per heavy atom. The molecule has 2 saturated heterocycles. The number of benzene rings is 1. The first-order valence-electron chi connectivity index (χ1n) is 8.64. The number of hydrogen-bond donors (Lipinski definition) is 1. The molecule has 2 aromatic rings. The fourth-order valence-electron chi connectivity index (χ4n) is 4.44. The summed E-state index contributed by atoms with van der Waals surface area (Å²) in [5.74, 6) is 0.719. The van der Waals surface area contributed by atoms with Gasteiger partial charge < -0.3 is 14.6 Å². The monoisotopic (exact) mass is 312 g/mol. The number of piperidine rings is 2. The molecule has 0 spiro atoms. The minimum absolute atomic E-state index is 0.0140. The fourth-order valence-corrected chi connectivity index (χ4v) is 4.44. The molecular formula is C19H24N2O2. The van der Waals surface area contributed by atoms with E-state index in [2.05, 4.69) is 17.3 Å². The number of hydrogen-bond acceptors (Lipinski definition) is 3. The molecule has 3 atom stereocenters. The first-order valence-corrected chi connectivity index (χ1v) is 8.64. The number of aryl methyl sites for hydroxylation is 1. The molecule has 3 heterocycles. The van der Waals surface area contributed by atoms with Crippen molar-refractivity contribution in [2.24, 2.45) is 0 Å². The molecule has 2 fully saturated rings. The van der Waals surface area contributed by atoms with Gasteiger partial charge in [0.1, 0.15) is 11.3 Å². The van der Waals surface area contributed by atoms with Gasteiger partial charge in [0, 0.05) is 23.5 Å². The van der Waals surface area contributed by atoms with Gasteiger partial charge in [0.2, 0.25) is 0 Å². The third kappa shape index (κ3) is 2.55. The number of fused-ring (bicyclic) bond motifs is 3. The van der Waals surface area contributed by atoms with Gasteiger partial charge in [0.05, 0.1) is 5.56 Å². The molecule has 1 aromatic heterocycles. The molecule has 2 bridgehead atoms. The van der Waals surface area contributed by atoms with Crippen molar-refractivity contribution < 1.29 is 9.21 Å². The molecule has 2 aliphatic heterocycles. The van der Waals surface area contributed by atoms with E-state index in [1.807, 2.05) is 31.2 Å². The van der Waals surface area contributed by atoms with Gasteiger partial charge in [-0.25, -0.2) is 0 Å². The molecular weight excluding hydrogens is 288 g/mol. The van der Waals surface area contributed by atoms with Crippen LogP contribution in [-0.4, -0.2) is 36.0 Å². The van der Waals surface area contributed by atoms with Gasteiger partial charge in [-0.1, -0.05) is 24.6 Å². The molecule has 4 heteroatoms. The van der Waals surface area contributed by atoms with Crippen molar-refractivity contribution in [1.82, 2.24) is 10.2 Å². The number of rotatable bonds is 2. The Balaban J connectivity index is 1.55. The summed E-state index contributed by atoms with van der Waals surface area (Å²) in [7, 11) is 2.24. The average molecular weight is 312 g/mol. The standard InChI is InChI=1S/C19H24N2O2/c1-12-18(16-8-3-4-9-17(16)23-12)19(22)20-13-10-14-6-5-7-15(11-13)21(14)2/h3-4,8-9,13-15H,5-7,10-11H2,1-2H3,(H,20,22)/t13-,14-,15+. The summed E-state index contributed by atoms with van der Waals surface area (Å²) in [6.07, 6.45) is 5.97. The summed E-state index contributed by atoms with van der Waals surface area (Å²) in [6.45, 7) is 1.87. The van der Waals surface area contributed by atoms with Gasteiger partial charge >= 0.3 is 0 Å². The van der Waals surface area contributed by atoms with Gasteiger partial charge in [-0.2, -0.15) is 0 Å².